The minimum absolute atomic E-state index is 0.228. The number of thioether (sulfide) groups is 1. The molecular weight excluding hydrogens is 160 g/mol. The number of thiol groups is 1. The Balaban J connectivity index is 2.60. The van der Waals surface area contributed by atoms with E-state index >= 15 is 0 Å². The van der Waals surface area contributed by atoms with Gasteiger partial charge in [-0.3, -0.25) is 0 Å². The normalized spacial score (nSPS) is 10.0. The summed E-state index contributed by atoms with van der Waals surface area (Å²) in [4.78, 5) is 0. The van der Waals surface area contributed by atoms with Crippen molar-refractivity contribution in [2.24, 2.45) is 0 Å². The van der Waals surface area contributed by atoms with Crippen LogP contribution >= 0.6 is 24.4 Å². The summed E-state index contributed by atoms with van der Waals surface area (Å²) in [6.45, 7) is -0.228. The molecule has 0 spiro atoms. The summed E-state index contributed by atoms with van der Waals surface area (Å²) in [6.07, 6.45) is 0. The SMILES string of the molecule is OCOCSCOCS. The third kappa shape index (κ3) is 8.58. The van der Waals surface area contributed by atoms with Gasteiger partial charge in [0.05, 0.1) is 17.8 Å². The molecule has 0 fully saturated rings. The first-order valence-corrected chi connectivity index (χ1v) is 4.15. The van der Waals surface area contributed by atoms with Gasteiger partial charge < -0.3 is 14.6 Å². The molecule has 5 heteroatoms. The first kappa shape index (κ1) is 9.58. The molecule has 0 aromatic carbocycles. The van der Waals surface area contributed by atoms with Crippen molar-refractivity contribution in [3.8, 4) is 0 Å². The van der Waals surface area contributed by atoms with Gasteiger partial charge in [-0.1, -0.05) is 0 Å². The Morgan fingerprint density at radius 1 is 1.33 bits per heavy atom. The Morgan fingerprint density at radius 3 is 2.56 bits per heavy atom. The van der Waals surface area contributed by atoms with Gasteiger partial charge in [-0.05, 0) is 0 Å². The Bertz CT molecular complexity index is 47.1. The van der Waals surface area contributed by atoms with E-state index in [4.69, 9.17) is 9.84 Å². The molecule has 3 nitrogen and oxygen atoms in total. The van der Waals surface area contributed by atoms with Crippen LogP contribution < -0.4 is 0 Å². The van der Waals surface area contributed by atoms with Gasteiger partial charge in [0.1, 0.15) is 6.79 Å². The molecule has 0 saturated carbocycles. The maximum absolute atomic E-state index is 8.13. The topological polar surface area (TPSA) is 38.7 Å². The molecule has 0 aromatic heterocycles. The van der Waals surface area contributed by atoms with Gasteiger partial charge >= 0.3 is 0 Å². The average Bonchev–Trinajstić information content (AvgIpc) is 1.89. The predicted molar refractivity (Wildman–Crippen MR) is 40.4 cm³/mol. The van der Waals surface area contributed by atoms with Crippen LogP contribution in [0.5, 0.6) is 0 Å². The van der Waals surface area contributed by atoms with Gasteiger partial charge in [-0.2, -0.15) is 12.6 Å². The fraction of sp³-hybridized carbons (Fsp3) is 1.00. The van der Waals surface area contributed by atoms with Crippen LogP contribution in [-0.4, -0.2) is 29.7 Å². The summed E-state index contributed by atoms with van der Waals surface area (Å²) < 4.78 is 9.44. The molecule has 56 valence electrons. The number of aliphatic hydroxyl groups is 1. The second-order valence-corrected chi connectivity index (χ2v) is 2.24. The van der Waals surface area contributed by atoms with Crippen molar-refractivity contribution in [3.63, 3.8) is 0 Å². The maximum Gasteiger partial charge on any atom is 0.144 e. The van der Waals surface area contributed by atoms with Gasteiger partial charge in [0.15, 0.2) is 0 Å². The second kappa shape index (κ2) is 8.58. The lowest BCUT2D eigenvalue weighted by Crippen LogP contribution is -1.94. The van der Waals surface area contributed by atoms with Crippen LogP contribution in [0.3, 0.4) is 0 Å². The minimum Gasteiger partial charge on any atom is -0.371 e. The van der Waals surface area contributed by atoms with Crippen molar-refractivity contribution < 1.29 is 14.6 Å². The van der Waals surface area contributed by atoms with Crippen molar-refractivity contribution in [1.29, 1.82) is 0 Å². The number of hydrogen-bond donors (Lipinski definition) is 2. The summed E-state index contributed by atoms with van der Waals surface area (Å²) in [5.41, 5.74) is 0. The zero-order chi connectivity index (χ0) is 6.95. The molecule has 0 atom stereocenters. The Labute approximate surface area is 64.1 Å². The molecule has 0 aliphatic carbocycles. The Morgan fingerprint density at radius 2 is 2.00 bits per heavy atom. The highest BCUT2D eigenvalue weighted by Gasteiger charge is 1.85. The van der Waals surface area contributed by atoms with Gasteiger partial charge in [-0.15, -0.1) is 11.8 Å². The van der Waals surface area contributed by atoms with E-state index in [0.717, 1.165) is 0 Å². The standard InChI is InChI=1S/C4H10O3S2/c5-1-6-3-9-4-7-2-8/h5,8H,1-4H2. The van der Waals surface area contributed by atoms with Gasteiger partial charge in [-0.25, -0.2) is 0 Å². The van der Waals surface area contributed by atoms with E-state index < -0.39 is 0 Å². The van der Waals surface area contributed by atoms with E-state index in [1.165, 1.54) is 11.8 Å². The molecule has 1 N–H and O–H groups in total. The quantitative estimate of drug-likeness (QED) is 0.346. The van der Waals surface area contributed by atoms with Crippen molar-refractivity contribution in [2.45, 2.75) is 0 Å². The van der Waals surface area contributed by atoms with Crippen LogP contribution in [-0.2, 0) is 9.47 Å². The lowest BCUT2D eigenvalue weighted by molar-refractivity contribution is 0.0236. The highest BCUT2D eigenvalue weighted by atomic mass is 32.2. The maximum atomic E-state index is 8.13. The van der Waals surface area contributed by atoms with Gasteiger partial charge in [0.2, 0.25) is 0 Å². The third-order valence-corrected chi connectivity index (χ3v) is 1.37. The summed E-state index contributed by atoms with van der Waals surface area (Å²) in [6, 6.07) is 0. The molecule has 0 saturated heterocycles. The monoisotopic (exact) mass is 170 g/mol. The molecule has 0 heterocycles. The van der Waals surface area contributed by atoms with E-state index in [9.17, 15) is 0 Å². The van der Waals surface area contributed by atoms with E-state index in [1.54, 1.807) is 0 Å². The molecule has 0 bridgehead atoms. The summed E-state index contributed by atoms with van der Waals surface area (Å²) in [5, 5.41) is 8.13. The van der Waals surface area contributed by atoms with Crippen LogP contribution in [0, 0.1) is 0 Å². The Kier molecular flexibility index (Phi) is 9.13. The first-order valence-electron chi connectivity index (χ1n) is 2.36. The number of rotatable bonds is 6. The van der Waals surface area contributed by atoms with Gasteiger partial charge in [0.25, 0.3) is 0 Å². The molecule has 0 aliphatic rings. The van der Waals surface area contributed by atoms with Crippen LogP contribution in [0.2, 0.25) is 0 Å². The second-order valence-electron chi connectivity index (χ2n) is 1.11. The van der Waals surface area contributed by atoms with Crippen molar-refractivity contribution in [1.82, 2.24) is 0 Å². The Hall–Kier alpha value is 0.580. The highest BCUT2D eigenvalue weighted by Crippen LogP contribution is 1.99. The molecule has 0 aromatic rings. The zero-order valence-electron chi connectivity index (χ0n) is 4.95. The molecule has 0 rings (SSSR count). The van der Waals surface area contributed by atoms with Crippen LogP contribution in [0.1, 0.15) is 0 Å². The molecule has 0 amide bonds. The van der Waals surface area contributed by atoms with Crippen molar-refractivity contribution in [3.05, 3.63) is 0 Å². The van der Waals surface area contributed by atoms with Crippen LogP contribution in [0.15, 0.2) is 0 Å². The summed E-state index contributed by atoms with van der Waals surface area (Å²) in [5.74, 6) is 1.44. The smallest absolute Gasteiger partial charge is 0.144 e. The fourth-order valence-electron chi connectivity index (χ4n) is 0.226. The largest absolute Gasteiger partial charge is 0.371 e. The molecule has 0 unspecified atom stereocenters. The molecular formula is C4H10O3S2. The molecule has 9 heavy (non-hydrogen) atoms. The van der Waals surface area contributed by atoms with E-state index in [0.29, 0.717) is 17.8 Å². The number of hydrogen-bond acceptors (Lipinski definition) is 5. The lowest BCUT2D eigenvalue weighted by atomic mass is 11.4. The lowest BCUT2D eigenvalue weighted by Gasteiger charge is -1.99. The highest BCUT2D eigenvalue weighted by molar-refractivity contribution is 7.99. The zero-order valence-corrected chi connectivity index (χ0v) is 6.66. The molecule has 0 aliphatic heterocycles. The van der Waals surface area contributed by atoms with E-state index in [1.807, 2.05) is 0 Å². The minimum atomic E-state index is -0.228. The first-order chi connectivity index (χ1) is 4.41. The average molecular weight is 170 g/mol. The fourth-order valence-corrected chi connectivity index (χ4v) is 0.903. The van der Waals surface area contributed by atoms with Crippen molar-refractivity contribution in [2.75, 3.05) is 24.6 Å². The van der Waals surface area contributed by atoms with Crippen molar-refractivity contribution >= 4 is 24.4 Å². The summed E-state index contributed by atoms with van der Waals surface area (Å²) >= 11 is 5.27. The van der Waals surface area contributed by atoms with E-state index in [-0.39, 0.29) is 6.79 Å². The predicted octanol–water partition coefficient (Wildman–Crippen LogP) is 0.505. The third-order valence-electron chi connectivity index (χ3n) is 0.516. The van der Waals surface area contributed by atoms with Crippen LogP contribution in [0.4, 0.5) is 0 Å². The number of aliphatic hydroxyl groups excluding tert-OH is 1. The van der Waals surface area contributed by atoms with E-state index in [2.05, 4.69) is 17.4 Å². The number of ether oxygens (including phenoxy) is 2. The summed E-state index contributed by atoms with van der Waals surface area (Å²) in [7, 11) is 0. The molecule has 0 radical (unpaired) electrons. The van der Waals surface area contributed by atoms with Gasteiger partial charge in [0, 0.05) is 0 Å². The van der Waals surface area contributed by atoms with Crippen LogP contribution in [0.25, 0.3) is 0 Å².